The maximum Gasteiger partial charge on any atom is 0.271 e. The summed E-state index contributed by atoms with van der Waals surface area (Å²) in [6.45, 7) is 3.47. The van der Waals surface area contributed by atoms with Gasteiger partial charge < -0.3 is 14.8 Å². The normalized spacial score (nSPS) is 10.4. The Morgan fingerprint density at radius 2 is 1.73 bits per heavy atom. The van der Waals surface area contributed by atoms with Crippen molar-refractivity contribution in [3.8, 4) is 11.5 Å². The Morgan fingerprint density at radius 1 is 0.967 bits per heavy atom. The fourth-order valence-corrected chi connectivity index (χ4v) is 2.76. The number of rotatable bonds is 10. The monoisotopic (exact) mass is 407 g/mol. The lowest BCUT2D eigenvalue weighted by Gasteiger charge is -2.10. The largest absolute Gasteiger partial charge is 0.494 e. The molecule has 7 heteroatoms. The molecule has 2 aromatic carbocycles. The van der Waals surface area contributed by atoms with Crippen molar-refractivity contribution >= 4 is 5.91 Å². The summed E-state index contributed by atoms with van der Waals surface area (Å²) in [5.74, 6) is 1.20. The molecule has 7 nitrogen and oxygen atoms in total. The summed E-state index contributed by atoms with van der Waals surface area (Å²) in [4.78, 5) is 24.3. The van der Waals surface area contributed by atoms with Crippen molar-refractivity contribution in [1.82, 2.24) is 15.1 Å². The molecule has 0 fully saturated rings. The number of amides is 1. The van der Waals surface area contributed by atoms with E-state index in [0.717, 1.165) is 11.3 Å². The average molecular weight is 407 g/mol. The van der Waals surface area contributed by atoms with Gasteiger partial charge in [-0.05, 0) is 49.2 Å². The van der Waals surface area contributed by atoms with E-state index >= 15 is 0 Å². The average Bonchev–Trinajstić information content (AvgIpc) is 2.75. The second kappa shape index (κ2) is 10.8. The van der Waals surface area contributed by atoms with Crippen LogP contribution in [0.3, 0.4) is 0 Å². The summed E-state index contributed by atoms with van der Waals surface area (Å²) < 4.78 is 12.5. The van der Waals surface area contributed by atoms with Crippen LogP contribution < -0.4 is 20.3 Å². The van der Waals surface area contributed by atoms with Crippen molar-refractivity contribution in [3.63, 3.8) is 0 Å². The van der Waals surface area contributed by atoms with Crippen LogP contribution in [0.15, 0.2) is 71.5 Å². The van der Waals surface area contributed by atoms with Crippen LogP contribution in [0.1, 0.15) is 22.5 Å². The van der Waals surface area contributed by atoms with Crippen LogP contribution in [0.2, 0.25) is 0 Å². The fourth-order valence-electron chi connectivity index (χ4n) is 2.76. The molecule has 0 atom stereocenters. The second-order valence-corrected chi connectivity index (χ2v) is 6.72. The summed E-state index contributed by atoms with van der Waals surface area (Å²) in [6.07, 6.45) is 0.657. The van der Waals surface area contributed by atoms with Crippen molar-refractivity contribution in [2.75, 3.05) is 19.8 Å². The Bertz CT molecular complexity index is 1020. The number of hydrogen-bond donors (Lipinski definition) is 1. The third kappa shape index (κ3) is 6.48. The first-order chi connectivity index (χ1) is 14.6. The van der Waals surface area contributed by atoms with Gasteiger partial charge in [-0.3, -0.25) is 9.59 Å². The van der Waals surface area contributed by atoms with Gasteiger partial charge in [-0.25, -0.2) is 4.68 Å². The highest BCUT2D eigenvalue weighted by Crippen LogP contribution is 2.12. The molecule has 1 aromatic heterocycles. The third-order valence-electron chi connectivity index (χ3n) is 4.28. The molecular formula is C23H25N3O4. The molecule has 0 unspecified atom stereocenters. The lowest BCUT2D eigenvalue weighted by molar-refractivity contribution is 0.0943. The first kappa shape index (κ1) is 21.1. The SMILES string of the molecule is Cc1cccc(OCCCNC(=O)c2ccc(=O)n(CCOc3ccccc3)n2)c1. The Hall–Kier alpha value is -3.61. The first-order valence-electron chi connectivity index (χ1n) is 9.85. The highest BCUT2D eigenvalue weighted by molar-refractivity contribution is 5.91. The van der Waals surface area contributed by atoms with E-state index in [0.29, 0.717) is 25.3 Å². The molecule has 3 rings (SSSR count). The van der Waals surface area contributed by atoms with Crippen LogP contribution in [0.4, 0.5) is 0 Å². The molecule has 0 saturated heterocycles. The van der Waals surface area contributed by atoms with Crippen molar-refractivity contribution < 1.29 is 14.3 Å². The zero-order valence-corrected chi connectivity index (χ0v) is 16.9. The lowest BCUT2D eigenvalue weighted by Crippen LogP contribution is -2.31. The molecule has 0 aliphatic rings. The van der Waals surface area contributed by atoms with E-state index in [1.54, 1.807) is 0 Å². The molecule has 0 aliphatic heterocycles. The number of aryl methyl sites for hydroxylation is 1. The van der Waals surface area contributed by atoms with E-state index in [9.17, 15) is 9.59 Å². The number of carbonyl (C=O) groups excluding carboxylic acids is 1. The molecule has 1 amide bonds. The molecular weight excluding hydrogens is 382 g/mol. The maximum atomic E-state index is 12.3. The topological polar surface area (TPSA) is 82.5 Å². The highest BCUT2D eigenvalue weighted by atomic mass is 16.5. The van der Waals surface area contributed by atoms with Gasteiger partial charge >= 0.3 is 0 Å². The summed E-state index contributed by atoms with van der Waals surface area (Å²) in [5, 5.41) is 6.94. The number of nitrogens with zero attached hydrogens (tertiary/aromatic N) is 2. The van der Waals surface area contributed by atoms with Gasteiger partial charge in [-0.2, -0.15) is 5.10 Å². The Morgan fingerprint density at radius 3 is 2.53 bits per heavy atom. The highest BCUT2D eigenvalue weighted by Gasteiger charge is 2.09. The van der Waals surface area contributed by atoms with Crippen LogP contribution in [0.25, 0.3) is 0 Å². The van der Waals surface area contributed by atoms with Crippen LogP contribution in [0, 0.1) is 6.92 Å². The molecule has 3 aromatic rings. The fraction of sp³-hybridized carbons (Fsp3) is 0.261. The number of carbonyl (C=O) groups is 1. The number of para-hydroxylation sites is 1. The lowest BCUT2D eigenvalue weighted by atomic mass is 10.2. The molecule has 0 aliphatic carbocycles. The Kier molecular flexibility index (Phi) is 7.60. The predicted molar refractivity (Wildman–Crippen MR) is 114 cm³/mol. The number of benzene rings is 2. The molecule has 1 N–H and O–H groups in total. The smallest absolute Gasteiger partial charge is 0.271 e. The van der Waals surface area contributed by atoms with E-state index in [4.69, 9.17) is 9.47 Å². The van der Waals surface area contributed by atoms with Gasteiger partial charge in [0.1, 0.15) is 23.8 Å². The van der Waals surface area contributed by atoms with Gasteiger partial charge in [0.15, 0.2) is 0 Å². The zero-order valence-electron chi connectivity index (χ0n) is 16.9. The second-order valence-electron chi connectivity index (χ2n) is 6.72. The summed E-state index contributed by atoms with van der Waals surface area (Å²) in [6, 6.07) is 19.9. The van der Waals surface area contributed by atoms with Gasteiger partial charge in [0.25, 0.3) is 11.5 Å². The minimum Gasteiger partial charge on any atom is -0.494 e. The van der Waals surface area contributed by atoms with Crippen molar-refractivity contribution in [1.29, 1.82) is 0 Å². The van der Waals surface area contributed by atoms with E-state index in [1.165, 1.54) is 16.8 Å². The Labute approximate surface area is 175 Å². The van der Waals surface area contributed by atoms with Crippen LogP contribution in [0.5, 0.6) is 11.5 Å². The molecule has 0 saturated carbocycles. The standard InChI is InChI=1S/C23H25N3O4/c1-18-7-5-10-20(17-18)29-15-6-13-24-23(28)21-11-12-22(27)26(25-21)14-16-30-19-8-3-2-4-9-19/h2-5,7-12,17H,6,13-16H2,1H3,(H,24,28). The zero-order chi connectivity index (χ0) is 21.2. The van der Waals surface area contributed by atoms with E-state index in [-0.39, 0.29) is 30.3 Å². The van der Waals surface area contributed by atoms with Gasteiger partial charge in [0.05, 0.1) is 13.2 Å². The molecule has 0 radical (unpaired) electrons. The molecule has 30 heavy (non-hydrogen) atoms. The van der Waals surface area contributed by atoms with Gasteiger partial charge in [-0.1, -0.05) is 30.3 Å². The molecule has 0 bridgehead atoms. The van der Waals surface area contributed by atoms with Crippen molar-refractivity contribution in [3.05, 3.63) is 88.3 Å². The predicted octanol–water partition coefficient (Wildman–Crippen LogP) is 2.83. The number of hydrogen-bond acceptors (Lipinski definition) is 5. The van der Waals surface area contributed by atoms with Gasteiger partial charge in [0, 0.05) is 12.6 Å². The van der Waals surface area contributed by atoms with Gasteiger partial charge in [0.2, 0.25) is 0 Å². The van der Waals surface area contributed by atoms with Crippen LogP contribution in [-0.2, 0) is 6.54 Å². The molecule has 1 heterocycles. The summed E-state index contributed by atoms with van der Waals surface area (Å²) in [7, 11) is 0. The maximum absolute atomic E-state index is 12.3. The molecule has 156 valence electrons. The van der Waals surface area contributed by atoms with E-state index < -0.39 is 0 Å². The minimum absolute atomic E-state index is 0.189. The minimum atomic E-state index is -0.330. The van der Waals surface area contributed by atoms with E-state index in [1.807, 2.05) is 61.5 Å². The van der Waals surface area contributed by atoms with Crippen LogP contribution in [-0.4, -0.2) is 35.4 Å². The first-order valence-corrected chi connectivity index (χ1v) is 9.85. The van der Waals surface area contributed by atoms with Crippen LogP contribution >= 0.6 is 0 Å². The quantitative estimate of drug-likeness (QED) is 0.523. The number of aromatic nitrogens is 2. The third-order valence-corrected chi connectivity index (χ3v) is 4.28. The van der Waals surface area contributed by atoms with Crippen molar-refractivity contribution in [2.45, 2.75) is 19.9 Å². The summed E-state index contributed by atoms with van der Waals surface area (Å²) >= 11 is 0. The summed E-state index contributed by atoms with van der Waals surface area (Å²) in [5.41, 5.74) is 1.04. The number of nitrogens with one attached hydrogen (secondary N) is 1. The van der Waals surface area contributed by atoms with E-state index in [2.05, 4.69) is 10.4 Å². The molecule has 0 spiro atoms. The van der Waals surface area contributed by atoms with Gasteiger partial charge in [-0.15, -0.1) is 0 Å². The number of ether oxygens (including phenoxy) is 2. The van der Waals surface area contributed by atoms with Crippen molar-refractivity contribution in [2.24, 2.45) is 0 Å². The Balaban J connectivity index is 1.43.